The van der Waals surface area contributed by atoms with Gasteiger partial charge in [-0.25, -0.2) is 4.79 Å². The molecule has 13 heteroatoms. The van der Waals surface area contributed by atoms with Gasteiger partial charge in [0.25, 0.3) is 0 Å². The molecule has 1 aliphatic carbocycles. The fourth-order valence-corrected chi connectivity index (χ4v) is 5.17. The van der Waals surface area contributed by atoms with Gasteiger partial charge in [0, 0.05) is 17.7 Å². The highest BCUT2D eigenvalue weighted by Gasteiger charge is 2.26. The minimum absolute atomic E-state index is 0.00170. The number of methoxy groups -OCH3 is 2. The van der Waals surface area contributed by atoms with Crippen molar-refractivity contribution in [3.8, 4) is 23.0 Å². The van der Waals surface area contributed by atoms with Crippen molar-refractivity contribution >= 4 is 40.3 Å². The first-order valence-corrected chi connectivity index (χ1v) is 14.2. The minimum atomic E-state index is -3.05. The van der Waals surface area contributed by atoms with Crippen LogP contribution in [0, 0.1) is 11.1 Å². The lowest BCUT2D eigenvalue weighted by Gasteiger charge is -2.21. The van der Waals surface area contributed by atoms with Gasteiger partial charge in [-0.3, -0.25) is 0 Å². The Kier molecular flexibility index (Phi) is 10.6. The summed E-state index contributed by atoms with van der Waals surface area (Å²) in [6.45, 7) is -2.71. The lowest BCUT2D eigenvalue weighted by molar-refractivity contribution is -0.605. The van der Waals surface area contributed by atoms with Crippen molar-refractivity contribution in [3.63, 3.8) is 0 Å². The first-order valence-electron chi connectivity index (χ1n) is 12.5. The summed E-state index contributed by atoms with van der Waals surface area (Å²) in [7, 11) is 3.04. The highest BCUT2D eigenvalue weighted by molar-refractivity contribution is 8.12. The molecule has 3 aromatic rings. The first kappa shape index (κ1) is 30.8. The van der Waals surface area contributed by atoms with Gasteiger partial charge >= 0.3 is 11.9 Å². The molecular weight excluding hydrogens is 603 g/mol. The molecule has 220 valence electrons. The SMILES string of the molecule is COc1ccc(CSC(=O)OC(Cc2c(Cl)c[n+]([O-])cc2Cl)c2ccc(OC(F)F)c(OCC3CC3)c2)cc1OC. The smallest absolute Gasteiger partial charge is 0.387 e. The van der Waals surface area contributed by atoms with E-state index in [1.54, 1.807) is 18.2 Å². The van der Waals surface area contributed by atoms with Gasteiger partial charge in [-0.15, -0.1) is 0 Å². The van der Waals surface area contributed by atoms with Crippen LogP contribution in [0.1, 0.15) is 35.6 Å². The standard InChI is InChI=1S/C28H27Cl2F2NO7S/c1-36-22-7-5-17(9-25(22)37-2)15-41-28(34)40-24(11-19-20(29)12-33(35)13-21(19)30)18-6-8-23(39-27(31)32)26(10-18)38-14-16-3-4-16/h5-10,12-13,16,24,27H,3-4,11,14-15H2,1-2H3. The van der Waals surface area contributed by atoms with E-state index in [1.807, 2.05) is 0 Å². The molecule has 8 nitrogen and oxygen atoms in total. The number of carbonyl (C=O) groups excluding carboxylic acids is 1. The second-order valence-electron chi connectivity index (χ2n) is 9.17. The van der Waals surface area contributed by atoms with Gasteiger partial charge in [0.15, 0.2) is 35.4 Å². The van der Waals surface area contributed by atoms with Gasteiger partial charge in [0.2, 0.25) is 0 Å². The minimum Gasteiger partial charge on any atom is -0.619 e. The Morgan fingerprint density at radius 2 is 1.71 bits per heavy atom. The Hall–Kier alpha value is -3.15. The van der Waals surface area contributed by atoms with Gasteiger partial charge in [0.1, 0.15) is 16.1 Å². The summed E-state index contributed by atoms with van der Waals surface area (Å²) in [5.41, 5.74) is 1.60. The third-order valence-corrected chi connectivity index (χ3v) is 7.68. The van der Waals surface area contributed by atoms with E-state index < -0.39 is 18.0 Å². The molecule has 1 atom stereocenters. The molecule has 1 saturated carbocycles. The summed E-state index contributed by atoms with van der Waals surface area (Å²) in [5, 5.41) is 11.3. The molecule has 1 aliphatic rings. The molecular formula is C28H27Cl2F2NO7S. The molecule has 41 heavy (non-hydrogen) atoms. The normalized spacial score (nSPS) is 13.5. The van der Waals surface area contributed by atoms with Crippen molar-refractivity contribution < 1.29 is 42.0 Å². The highest BCUT2D eigenvalue weighted by atomic mass is 35.5. The Bertz CT molecular complexity index is 1350. The quantitative estimate of drug-likeness (QED) is 0.110. The summed E-state index contributed by atoms with van der Waals surface area (Å²) in [5.74, 6) is 1.65. The summed E-state index contributed by atoms with van der Waals surface area (Å²) >= 11 is 13.5. The largest absolute Gasteiger partial charge is 0.619 e. The number of hydrogen-bond acceptors (Lipinski definition) is 8. The number of thioether (sulfide) groups is 1. The van der Waals surface area contributed by atoms with Crippen LogP contribution in [0.25, 0.3) is 0 Å². The van der Waals surface area contributed by atoms with Crippen LogP contribution in [0.15, 0.2) is 48.8 Å². The Balaban J connectivity index is 1.58. The van der Waals surface area contributed by atoms with Crippen molar-refractivity contribution in [1.29, 1.82) is 0 Å². The van der Waals surface area contributed by atoms with Crippen molar-refractivity contribution in [3.05, 3.63) is 80.7 Å². The number of carbonyl (C=O) groups is 1. The number of benzene rings is 2. The average molecular weight is 630 g/mol. The number of nitrogens with zero attached hydrogens (tertiary/aromatic N) is 1. The lowest BCUT2D eigenvalue weighted by Crippen LogP contribution is -2.25. The second kappa shape index (κ2) is 14.2. The molecule has 0 aliphatic heterocycles. The Labute approximate surface area is 250 Å². The summed E-state index contributed by atoms with van der Waals surface area (Å²) < 4.78 is 53.4. The van der Waals surface area contributed by atoms with Crippen molar-refractivity contribution in [2.45, 2.75) is 37.7 Å². The molecule has 0 amide bonds. The number of ether oxygens (including phenoxy) is 5. The van der Waals surface area contributed by atoms with E-state index in [4.69, 9.17) is 42.1 Å². The molecule has 1 unspecified atom stereocenters. The number of aromatic nitrogens is 1. The van der Waals surface area contributed by atoms with Crippen LogP contribution in [0.2, 0.25) is 10.0 Å². The average Bonchev–Trinajstić information content (AvgIpc) is 3.76. The van der Waals surface area contributed by atoms with Crippen LogP contribution in [-0.2, 0) is 16.9 Å². The molecule has 0 N–H and O–H groups in total. The third-order valence-electron chi connectivity index (χ3n) is 6.22. The Morgan fingerprint density at radius 1 is 1.02 bits per heavy atom. The van der Waals surface area contributed by atoms with Crippen LogP contribution in [0.3, 0.4) is 0 Å². The van der Waals surface area contributed by atoms with E-state index in [9.17, 15) is 18.8 Å². The molecule has 0 saturated heterocycles. The lowest BCUT2D eigenvalue weighted by atomic mass is 10.0. The molecule has 4 rings (SSSR count). The summed E-state index contributed by atoms with van der Waals surface area (Å²) in [6, 6.07) is 9.61. The van der Waals surface area contributed by atoms with Crippen molar-refractivity contribution in [1.82, 2.24) is 0 Å². The van der Waals surface area contributed by atoms with E-state index in [0.29, 0.717) is 39.9 Å². The van der Waals surface area contributed by atoms with Crippen molar-refractivity contribution in [2.24, 2.45) is 5.92 Å². The zero-order valence-electron chi connectivity index (χ0n) is 22.1. The summed E-state index contributed by atoms with van der Waals surface area (Å²) in [4.78, 5) is 13.0. The van der Waals surface area contributed by atoms with Crippen molar-refractivity contribution in [2.75, 3.05) is 20.8 Å². The van der Waals surface area contributed by atoms with E-state index in [2.05, 4.69) is 4.74 Å². The number of pyridine rings is 1. The van der Waals surface area contributed by atoms with E-state index in [-0.39, 0.29) is 33.7 Å². The van der Waals surface area contributed by atoms with Gasteiger partial charge in [0.05, 0.1) is 20.8 Å². The zero-order chi connectivity index (χ0) is 29.5. The number of halogens is 4. The Morgan fingerprint density at radius 3 is 2.34 bits per heavy atom. The van der Waals surface area contributed by atoms with Gasteiger partial charge < -0.3 is 28.9 Å². The molecule has 1 fully saturated rings. The van der Waals surface area contributed by atoms with Crippen LogP contribution < -0.4 is 23.7 Å². The molecule has 1 aromatic heterocycles. The maximum atomic E-state index is 13.0. The molecule has 2 aromatic carbocycles. The van der Waals surface area contributed by atoms with E-state index >= 15 is 0 Å². The fraction of sp³-hybridized carbons (Fsp3) is 0.357. The second-order valence-corrected chi connectivity index (χ2v) is 10.9. The molecule has 0 spiro atoms. The van der Waals surface area contributed by atoms with Gasteiger partial charge in [-0.1, -0.05) is 35.3 Å². The molecule has 0 bridgehead atoms. The van der Waals surface area contributed by atoms with E-state index in [1.165, 1.54) is 32.4 Å². The van der Waals surface area contributed by atoms with Crippen LogP contribution in [-0.4, -0.2) is 32.7 Å². The van der Waals surface area contributed by atoms with Gasteiger partial charge in [-0.05, 0) is 65.9 Å². The topological polar surface area (TPSA) is 90.2 Å². The predicted molar refractivity (Wildman–Crippen MR) is 150 cm³/mol. The third kappa shape index (κ3) is 8.67. The maximum absolute atomic E-state index is 13.0. The van der Waals surface area contributed by atoms with Gasteiger partial charge in [-0.2, -0.15) is 13.5 Å². The molecule has 0 radical (unpaired) electrons. The highest BCUT2D eigenvalue weighted by Crippen LogP contribution is 2.38. The van der Waals surface area contributed by atoms with E-state index in [0.717, 1.165) is 42.6 Å². The number of hydrogen-bond donors (Lipinski definition) is 0. The first-order chi connectivity index (χ1) is 19.7. The molecule has 1 heterocycles. The monoisotopic (exact) mass is 629 g/mol. The van der Waals surface area contributed by atoms with Crippen LogP contribution in [0.4, 0.5) is 13.6 Å². The number of alkyl halides is 2. The zero-order valence-corrected chi connectivity index (χ0v) is 24.4. The summed E-state index contributed by atoms with van der Waals surface area (Å²) in [6.07, 6.45) is 3.30. The van der Waals surface area contributed by atoms with Crippen LogP contribution >= 0.6 is 35.0 Å². The predicted octanol–water partition coefficient (Wildman–Crippen LogP) is 7.39. The fourth-order valence-electron chi connectivity index (χ4n) is 3.92. The van der Waals surface area contributed by atoms with Crippen LogP contribution in [0.5, 0.6) is 23.0 Å². The number of rotatable bonds is 13. The maximum Gasteiger partial charge on any atom is 0.387 e.